The maximum absolute atomic E-state index is 7.05. The summed E-state index contributed by atoms with van der Waals surface area (Å²) in [5, 5.41) is 0. The molecule has 0 bridgehead atoms. The Morgan fingerprint density at radius 3 is 1.75 bits per heavy atom. The maximum Gasteiger partial charge on any atom is 0.185 e. The van der Waals surface area contributed by atoms with Crippen molar-refractivity contribution in [2.45, 2.75) is 90.0 Å². The van der Waals surface area contributed by atoms with Gasteiger partial charge in [0.2, 0.25) is 0 Å². The molecule has 0 saturated carbocycles. The third-order valence-corrected chi connectivity index (χ3v) is 10.4. The van der Waals surface area contributed by atoms with Crippen LogP contribution >= 0.6 is 0 Å². The van der Waals surface area contributed by atoms with E-state index in [2.05, 4.69) is 57.2 Å². The minimum Gasteiger partial charge on any atom is -0.374 e. The lowest BCUT2D eigenvalue weighted by Gasteiger charge is -2.51. The number of benzene rings is 4. The van der Waals surface area contributed by atoms with Crippen LogP contribution in [0.3, 0.4) is 0 Å². The molecule has 0 aliphatic carbocycles. The Morgan fingerprint density at radius 2 is 1.12 bits per heavy atom. The first-order valence-corrected chi connectivity index (χ1v) is 18.2. The van der Waals surface area contributed by atoms with Crippen molar-refractivity contribution in [3.8, 4) is 0 Å². The van der Waals surface area contributed by atoms with E-state index in [4.69, 9.17) is 37.9 Å². The maximum atomic E-state index is 7.05. The Bertz CT molecular complexity index is 1590. The summed E-state index contributed by atoms with van der Waals surface area (Å²) in [6.07, 6.45) is -3.34. The highest BCUT2D eigenvalue weighted by Crippen LogP contribution is 2.41. The zero-order valence-corrected chi connectivity index (χ0v) is 29.7. The smallest absolute Gasteiger partial charge is 0.185 e. The van der Waals surface area contributed by atoms with Crippen molar-refractivity contribution >= 4 is 0 Å². The van der Waals surface area contributed by atoms with E-state index in [9.17, 15) is 0 Å². The normalized spacial score (nSPS) is 32.3. The highest BCUT2D eigenvalue weighted by Gasteiger charge is 2.52. The fourth-order valence-corrected chi connectivity index (χ4v) is 7.27. The van der Waals surface area contributed by atoms with Crippen LogP contribution < -0.4 is 0 Å². The Labute approximate surface area is 301 Å². The van der Waals surface area contributed by atoms with E-state index >= 15 is 0 Å². The van der Waals surface area contributed by atoms with Crippen molar-refractivity contribution in [1.29, 1.82) is 0 Å². The van der Waals surface area contributed by atoms with Crippen molar-refractivity contribution in [2.75, 3.05) is 13.2 Å². The summed E-state index contributed by atoms with van der Waals surface area (Å²) < 4.78 is 52.8. The molecule has 0 N–H and O–H groups in total. The molecule has 4 aromatic rings. The van der Waals surface area contributed by atoms with Crippen LogP contribution in [-0.4, -0.2) is 56.3 Å². The summed E-state index contributed by atoms with van der Waals surface area (Å²) in [4.78, 5) is 0. The van der Waals surface area contributed by atoms with Crippen LogP contribution in [0, 0.1) is 17.8 Å². The first kappa shape index (κ1) is 35.9. The summed E-state index contributed by atoms with van der Waals surface area (Å²) in [6, 6.07) is 40.6. The first-order chi connectivity index (χ1) is 25.0. The zero-order valence-electron chi connectivity index (χ0n) is 29.7. The average molecular weight is 695 g/mol. The van der Waals surface area contributed by atoms with Crippen molar-refractivity contribution in [2.24, 2.45) is 17.8 Å². The minimum atomic E-state index is -0.688. The van der Waals surface area contributed by atoms with Crippen LogP contribution in [-0.2, 0) is 57.7 Å². The Kier molecular flexibility index (Phi) is 12.3. The zero-order chi connectivity index (χ0) is 35.0. The molecular formula is C43H50O8. The van der Waals surface area contributed by atoms with Crippen molar-refractivity contribution < 1.29 is 37.9 Å². The molecule has 3 aliphatic rings. The van der Waals surface area contributed by atoms with Gasteiger partial charge in [0.1, 0.15) is 18.3 Å². The second-order valence-corrected chi connectivity index (χ2v) is 14.0. The van der Waals surface area contributed by atoms with Gasteiger partial charge >= 0.3 is 0 Å². The minimum absolute atomic E-state index is 0.0366. The lowest BCUT2D eigenvalue weighted by molar-refractivity contribution is -0.378. The Morgan fingerprint density at radius 1 is 0.549 bits per heavy atom. The fourth-order valence-electron chi connectivity index (χ4n) is 7.27. The van der Waals surface area contributed by atoms with Crippen molar-refractivity contribution in [3.63, 3.8) is 0 Å². The second kappa shape index (κ2) is 17.4. The molecule has 3 aliphatic heterocycles. The fraction of sp³-hybridized carbons (Fsp3) is 0.442. The number of hydrogen-bond acceptors (Lipinski definition) is 8. The quantitative estimate of drug-likeness (QED) is 0.140. The van der Waals surface area contributed by atoms with Crippen LogP contribution in [0.5, 0.6) is 0 Å². The van der Waals surface area contributed by atoms with E-state index in [-0.39, 0.29) is 36.1 Å². The molecule has 0 amide bonds. The molecule has 4 aromatic carbocycles. The molecule has 11 atom stereocenters. The Balaban J connectivity index is 1.10. The van der Waals surface area contributed by atoms with Crippen molar-refractivity contribution in [1.82, 2.24) is 0 Å². The molecule has 8 heteroatoms. The van der Waals surface area contributed by atoms with E-state index in [0.29, 0.717) is 33.0 Å². The Hall–Kier alpha value is -3.44. The first-order valence-electron chi connectivity index (χ1n) is 18.2. The molecule has 0 aromatic heterocycles. The van der Waals surface area contributed by atoms with E-state index < -0.39 is 31.1 Å². The van der Waals surface area contributed by atoms with Gasteiger partial charge in [-0.3, -0.25) is 0 Å². The van der Waals surface area contributed by atoms with Gasteiger partial charge in [-0.2, -0.15) is 0 Å². The van der Waals surface area contributed by atoms with Gasteiger partial charge in [-0.25, -0.2) is 0 Å². The van der Waals surface area contributed by atoms with Gasteiger partial charge in [-0.1, -0.05) is 142 Å². The third-order valence-electron chi connectivity index (χ3n) is 10.4. The number of ether oxygens (including phenoxy) is 8. The third kappa shape index (κ3) is 8.96. The highest BCUT2D eigenvalue weighted by molar-refractivity contribution is 5.17. The number of rotatable bonds is 13. The molecule has 0 radical (unpaired) electrons. The second-order valence-electron chi connectivity index (χ2n) is 14.0. The van der Waals surface area contributed by atoms with Gasteiger partial charge < -0.3 is 37.9 Å². The van der Waals surface area contributed by atoms with Gasteiger partial charge in [0.15, 0.2) is 18.9 Å². The molecule has 8 nitrogen and oxygen atoms in total. The summed E-state index contributed by atoms with van der Waals surface area (Å²) in [6.45, 7) is 8.58. The van der Waals surface area contributed by atoms with E-state index in [1.807, 2.05) is 84.9 Å². The summed E-state index contributed by atoms with van der Waals surface area (Å²) >= 11 is 0. The largest absolute Gasteiger partial charge is 0.374 e. The lowest BCUT2D eigenvalue weighted by atomic mass is 9.84. The SMILES string of the molecule is CC1[C@H](OCc2ccccc2)OC(COCc2ccccc2)[C@@H](O[C@@H]2OC3COC(c4ccccc4)O[C@H]3[C@H](C)C2OCc2ccccc2)[C@@H]1C. The molecule has 270 valence electrons. The number of fused-ring (bicyclic) bond motifs is 1. The van der Waals surface area contributed by atoms with Crippen LogP contribution in [0.15, 0.2) is 121 Å². The summed E-state index contributed by atoms with van der Waals surface area (Å²) in [5.74, 6) is 0.0339. The monoisotopic (exact) mass is 694 g/mol. The predicted octanol–water partition coefficient (Wildman–Crippen LogP) is 7.86. The van der Waals surface area contributed by atoms with Crippen LogP contribution in [0.25, 0.3) is 0 Å². The molecule has 3 saturated heterocycles. The molecule has 0 spiro atoms. The van der Waals surface area contributed by atoms with E-state index in [0.717, 1.165) is 22.3 Å². The topological polar surface area (TPSA) is 73.8 Å². The van der Waals surface area contributed by atoms with Gasteiger partial charge in [0.05, 0.1) is 45.2 Å². The van der Waals surface area contributed by atoms with Crippen LogP contribution in [0.2, 0.25) is 0 Å². The molecule has 5 unspecified atom stereocenters. The van der Waals surface area contributed by atoms with Gasteiger partial charge in [-0.15, -0.1) is 0 Å². The molecule has 51 heavy (non-hydrogen) atoms. The molecule has 7 rings (SSSR count). The van der Waals surface area contributed by atoms with Crippen LogP contribution in [0.4, 0.5) is 0 Å². The van der Waals surface area contributed by atoms with Gasteiger partial charge in [0.25, 0.3) is 0 Å². The van der Waals surface area contributed by atoms with E-state index in [1.165, 1.54) is 0 Å². The molecule has 3 heterocycles. The predicted molar refractivity (Wildman–Crippen MR) is 192 cm³/mol. The highest BCUT2D eigenvalue weighted by atomic mass is 16.8. The van der Waals surface area contributed by atoms with E-state index in [1.54, 1.807) is 0 Å². The summed E-state index contributed by atoms with van der Waals surface area (Å²) in [7, 11) is 0. The average Bonchev–Trinajstić information content (AvgIpc) is 3.18. The van der Waals surface area contributed by atoms with Gasteiger partial charge in [0, 0.05) is 17.4 Å². The lowest BCUT2D eigenvalue weighted by Crippen LogP contribution is -2.62. The van der Waals surface area contributed by atoms with Gasteiger partial charge in [-0.05, 0) is 22.6 Å². The standard InChI is InChI=1S/C43H50O8/c1-29-30(2)41(46-26-34-20-12-6-13-21-34)48-36(27-44-24-32-16-8-4-9-17-32)38(29)51-43-40(45-25-33-18-10-5-11-19-33)31(3)39-37(49-43)28-47-42(50-39)35-22-14-7-15-23-35/h4-23,29-31,36-43H,24-28H2,1-3H3/t29-,30?,31+,36?,37?,38+,39+,40?,41-,42?,43+/m1/s1. The van der Waals surface area contributed by atoms with Crippen LogP contribution in [0.1, 0.15) is 49.3 Å². The number of hydrogen-bond donors (Lipinski definition) is 0. The molecule has 3 fully saturated rings. The molecular weight excluding hydrogens is 644 g/mol. The van der Waals surface area contributed by atoms with Crippen molar-refractivity contribution in [3.05, 3.63) is 144 Å². The summed E-state index contributed by atoms with van der Waals surface area (Å²) in [5.41, 5.74) is 4.25.